The van der Waals surface area contributed by atoms with Gasteiger partial charge in [-0.2, -0.15) is 0 Å². The summed E-state index contributed by atoms with van der Waals surface area (Å²) in [5.41, 5.74) is 0.622. The number of aryl methyl sites for hydroxylation is 2. The molecule has 0 N–H and O–H groups in total. The maximum Gasteiger partial charge on any atom is 0.342 e. The molecule has 7 heteroatoms. The van der Waals surface area contributed by atoms with E-state index in [4.69, 9.17) is 9.15 Å². The lowest BCUT2D eigenvalue weighted by molar-refractivity contribution is -0.140. The van der Waals surface area contributed by atoms with E-state index in [0.717, 1.165) is 0 Å². The van der Waals surface area contributed by atoms with E-state index < -0.39 is 11.4 Å². The molecule has 0 bridgehead atoms. The molecule has 1 aromatic heterocycles. The number of hydrogen-bond acceptors (Lipinski definition) is 5. The van der Waals surface area contributed by atoms with Crippen molar-refractivity contribution in [3.05, 3.63) is 58.7 Å². The number of benzene rings is 1. The van der Waals surface area contributed by atoms with Crippen molar-refractivity contribution in [3.63, 3.8) is 0 Å². The fraction of sp³-hybridized carbons (Fsp3) is 0.409. The molecule has 1 aromatic carbocycles. The number of ether oxygens (including phenoxy) is 1. The molecule has 1 aliphatic heterocycles. The number of oxazole rings is 1. The van der Waals surface area contributed by atoms with Crippen molar-refractivity contribution in [2.24, 2.45) is 0 Å². The van der Waals surface area contributed by atoms with Crippen molar-refractivity contribution in [1.82, 2.24) is 9.88 Å². The van der Waals surface area contributed by atoms with Crippen LogP contribution in [0.4, 0.5) is 4.39 Å². The zero-order valence-corrected chi connectivity index (χ0v) is 17.5. The molecule has 154 valence electrons. The summed E-state index contributed by atoms with van der Waals surface area (Å²) in [6.07, 6.45) is 1.13. The topological polar surface area (TPSA) is 72.6 Å². The van der Waals surface area contributed by atoms with Gasteiger partial charge in [-0.05, 0) is 44.5 Å². The monoisotopic (exact) mass is 400 g/mol. The number of carbonyl (C=O) groups is 2. The van der Waals surface area contributed by atoms with Crippen LogP contribution in [0.1, 0.15) is 61.0 Å². The smallest absolute Gasteiger partial charge is 0.342 e. The summed E-state index contributed by atoms with van der Waals surface area (Å²) in [6.45, 7) is 10.9. The van der Waals surface area contributed by atoms with E-state index in [-0.39, 0.29) is 29.9 Å². The second-order valence-electron chi connectivity index (χ2n) is 8.19. The van der Waals surface area contributed by atoms with Crippen LogP contribution in [0.2, 0.25) is 0 Å². The van der Waals surface area contributed by atoms with Gasteiger partial charge in [-0.15, -0.1) is 0 Å². The largest absolute Gasteiger partial charge is 0.459 e. The molecule has 1 aliphatic rings. The Morgan fingerprint density at radius 2 is 1.97 bits per heavy atom. The number of hydrogen-bond donors (Lipinski definition) is 0. The van der Waals surface area contributed by atoms with Gasteiger partial charge in [-0.1, -0.05) is 13.8 Å². The molecule has 0 atom stereocenters. The minimum Gasteiger partial charge on any atom is -0.459 e. The van der Waals surface area contributed by atoms with Gasteiger partial charge in [0.25, 0.3) is 5.91 Å². The van der Waals surface area contributed by atoms with E-state index in [1.54, 1.807) is 27.7 Å². The van der Waals surface area contributed by atoms with Crippen LogP contribution in [0.5, 0.6) is 0 Å². The third-order valence-electron chi connectivity index (χ3n) is 4.68. The molecule has 2 heterocycles. The van der Waals surface area contributed by atoms with Gasteiger partial charge < -0.3 is 14.1 Å². The van der Waals surface area contributed by atoms with Gasteiger partial charge in [0.2, 0.25) is 0 Å². The molecular weight excluding hydrogens is 375 g/mol. The minimum absolute atomic E-state index is 0.156. The Balaban J connectivity index is 2.11. The number of halogens is 1. The van der Waals surface area contributed by atoms with Crippen LogP contribution >= 0.6 is 0 Å². The van der Waals surface area contributed by atoms with E-state index in [9.17, 15) is 14.0 Å². The lowest BCUT2D eigenvalue weighted by atomic mass is 9.88. The van der Waals surface area contributed by atoms with E-state index in [0.29, 0.717) is 28.5 Å². The van der Waals surface area contributed by atoms with Crippen LogP contribution in [0, 0.1) is 19.7 Å². The summed E-state index contributed by atoms with van der Waals surface area (Å²) in [7, 11) is 0. The average molecular weight is 400 g/mol. The lowest BCUT2D eigenvalue weighted by Crippen LogP contribution is -2.36. The summed E-state index contributed by atoms with van der Waals surface area (Å²) in [5, 5.41) is 0. The van der Waals surface area contributed by atoms with Crippen LogP contribution in [-0.4, -0.2) is 34.4 Å². The van der Waals surface area contributed by atoms with E-state index in [2.05, 4.69) is 4.98 Å². The molecule has 0 unspecified atom stereocenters. The highest BCUT2D eigenvalue weighted by atomic mass is 19.1. The highest BCUT2D eigenvalue weighted by molar-refractivity contribution is 6.17. The molecule has 0 aliphatic carbocycles. The predicted octanol–water partition coefficient (Wildman–Crippen LogP) is 4.16. The van der Waals surface area contributed by atoms with Gasteiger partial charge in [-0.25, -0.2) is 14.2 Å². The third-order valence-corrected chi connectivity index (χ3v) is 4.68. The number of aromatic nitrogens is 1. The lowest BCUT2D eigenvalue weighted by Gasteiger charge is -2.27. The minimum atomic E-state index is -0.613. The van der Waals surface area contributed by atoms with Crippen molar-refractivity contribution in [3.8, 4) is 0 Å². The predicted molar refractivity (Wildman–Crippen MR) is 106 cm³/mol. The highest BCUT2D eigenvalue weighted by Gasteiger charge is 2.39. The molecule has 0 radical (unpaired) electrons. The van der Waals surface area contributed by atoms with Gasteiger partial charge in [-0.3, -0.25) is 4.79 Å². The number of esters is 1. The van der Waals surface area contributed by atoms with Crippen LogP contribution in [-0.2, 0) is 14.9 Å². The second-order valence-corrected chi connectivity index (χ2v) is 8.19. The summed E-state index contributed by atoms with van der Waals surface area (Å²) >= 11 is 0. The standard InChI is InChI=1S/C22H25FN2O4/c1-12(2)28-21(27)16-10-25(20(26)15-7-8-17(23)13(3)9-15)11-22(5,6)19-18(16)24-14(4)29-19/h7-10,12H,11H2,1-6H3. The van der Waals surface area contributed by atoms with Crippen molar-refractivity contribution >= 4 is 17.4 Å². The number of rotatable bonds is 3. The Morgan fingerprint density at radius 1 is 1.28 bits per heavy atom. The molecule has 0 saturated heterocycles. The highest BCUT2D eigenvalue weighted by Crippen LogP contribution is 2.36. The van der Waals surface area contributed by atoms with E-state index in [1.165, 1.54) is 29.3 Å². The van der Waals surface area contributed by atoms with Gasteiger partial charge in [0.1, 0.15) is 22.8 Å². The molecule has 1 amide bonds. The summed E-state index contributed by atoms with van der Waals surface area (Å²) < 4.78 is 24.8. The number of fused-ring (bicyclic) bond motifs is 1. The van der Waals surface area contributed by atoms with Crippen LogP contribution in [0.3, 0.4) is 0 Å². The van der Waals surface area contributed by atoms with Gasteiger partial charge in [0.15, 0.2) is 5.89 Å². The fourth-order valence-electron chi connectivity index (χ4n) is 3.33. The first-order valence-corrected chi connectivity index (χ1v) is 9.48. The third kappa shape index (κ3) is 4.09. The van der Waals surface area contributed by atoms with E-state index >= 15 is 0 Å². The molecule has 29 heavy (non-hydrogen) atoms. The molecule has 0 saturated carbocycles. The fourth-order valence-corrected chi connectivity index (χ4v) is 3.33. The SMILES string of the molecule is Cc1nc2c(o1)C(C)(C)CN(C(=O)c1ccc(F)c(C)c1)C=C2C(=O)OC(C)C. The van der Waals surface area contributed by atoms with Gasteiger partial charge in [0, 0.05) is 30.6 Å². The Labute approximate surface area is 169 Å². The van der Waals surface area contributed by atoms with Gasteiger partial charge in [0.05, 0.1) is 6.10 Å². The Kier molecular flexibility index (Phi) is 5.34. The molecule has 0 spiro atoms. The van der Waals surface area contributed by atoms with Crippen molar-refractivity contribution in [2.45, 2.75) is 53.1 Å². The number of carbonyl (C=O) groups excluding carboxylic acids is 2. The normalized spacial score (nSPS) is 15.6. The first kappa shape index (κ1) is 20.8. The molecule has 6 nitrogen and oxygen atoms in total. The summed E-state index contributed by atoms with van der Waals surface area (Å²) in [5.74, 6) is -0.362. The number of amides is 1. The first-order valence-electron chi connectivity index (χ1n) is 9.48. The average Bonchev–Trinajstić information content (AvgIpc) is 2.97. The summed E-state index contributed by atoms with van der Waals surface area (Å²) in [6, 6.07) is 4.19. The van der Waals surface area contributed by atoms with Crippen LogP contribution < -0.4 is 0 Å². The molecular formula is C22H25FN2O4. The quantitative estimate of drug-likeness (QED) is 0.724. The Bertz CT molecular complexity index is 1000. The van der Waals surface area contributed by atoms with E-state index in [1.807, 2.05) is 13.8 Å². The Morgan fingerprint density at radius 3 is 2.59 bits per heavy atom. The maximum atomic E-state index is 13.6. The molecule has 3 rings (SSSR count). The van der Waals surface area contributed by atoms with Crippen molar-refractivity contribution in [1.29, 1.82) is 0 Å². The summed E-state index contributed by atoms with van der Waals surface area (Å²) in [4.78, 5) is 31.8. The maximum absolute atomic E-state index is 13.6. The first-order chi connectivity index (χ1) is 13.5. The van der Waals surface area contributed by atoms with Crippen molar-refractivity contribution in [2.75, 3.05) is 6.54 Å². The second kappa shape index (κ2) is 7.46. The van der Waals surface area contributed by atoms with Crippen LogP contribution in [0.15, 0.2) is 28.8 Å². The zero-order chi connectivity index (χ0) is 21.5. The zero-order valence-electron chi connectivity index (χ0n) is 17.5. The van der Waals surface area contributed by atoms with Crippen LogP contribution in [0.25, 0.3) is 5.57 Å². The van der Waals surface area contributed by atoms with Gasteiger partial charge >= 0.3 is 5.97 Å². The van der Waals surface area contributed by atoms with Crippen molar-refractivity contribution < 1.29 is 23.1 Å². The molecule has 0 fully saturated rings. The Hall–Kier alpha value is -2.96. The molecule has 2 aromatic rings. The number of nitrogens with zero attached hydrogens (tertiary/aromatic N) is 2.